The molecule has 9 nitrogen and oxygen atoms in total. The van der Waals surface area contributed by atoms with Crippen LogP contribution in [0.5, 0.6) is 0 Å². The van der Waals surface area contributed by atoms with Crippen LogP contribution in [0.3, 0.4) is 0 Å². The molecule has 9 heteroatoms. The number of amides is 2. The summed E-state index contributed by atoms with van der Waals surface area (Å²) in [7, 11) is 3.99. The number of hydrogen-bond donors (Lipinski definition) is 5. The predicted molar refractivity (Wildman–Crippen MR) is 120 cm³/mol. The Balaban J connectivity index is 4.10. The van der Waals surface area contributed by atoms with Gasteiger partial charge in [-0.05, 0) is 60.3 Å². The van der Waals surface area contributed by atoms with Gasteiger partial charge in [0, 0.05) is 37.8 Å². The van der Waals surface area contributed by atoms with Gasteiger partial charge in [0.1, 0.15) is 5.84 Å². The van der Waals surface area contributed by atoms with E-state index in [2.05, 4.69) is 25.8 Å². The number of hydrogen-bond acceptors (Lipinski definition) is 6. The molecular formula is C20H41N7O2. The number of nitrogens with one attached hydrogen (secondary N) is 3. The molecule has 0 fully saturated rings. The fraction of sp³-hybridized carbons (Fsp3) is 0.750. The minimum Gasteiger partial charge on any atom is -0.404 e. The van der Waals surface area contributed by atoms with E-state index in [-0.39, 0.29) is 28.8 Å². The first kappa shape index (κ1) is 26.9. The van der Waals surface area contributed by atoms with Gasteiger partial charge in [0.2, 0.25) is 5.91 Å². The highest BCUT2D eigenvalue weighted by Gasteiger charge is 2.18. The van der Waals surface area contributed by atoms with Crippen LogP contribution in [0.1, 0.15) is 46.5 Å². The first-order valence-corrected chi connectivity index (χ1v) is 10.3. The van der Waals surface area contributed by atoms with Gasteiger partial charge >= 0.3 is 0 Å². The van der Waals surface area contributed by atoms with Crippen molar-refractivity contribution in [1.29, 1.82) is 0 Å². The fourth-order valence-electron chi connectivity index (χ4n) is 2.43. The Morgan fingerprint density at radius 1 is 1.14 bits per heavy atom. The average Bonchev–Trinajstić information content (AvgIpc) is 2.64. The Kier molecular flexibility index (Phi) is 13.7. The third kappa shape index (κ3) is 13.6. The van der Waals surface area contributed by atoms with Crippen molar-refractivity contribution < 1.29 is 9.59 Å². The van der Waals surface area contributed by atoms with E-state index in [0.29, 0.717) is 32.6 Å². The second-order valence-corrected chi connectivity index (χ2v) is 7.95. The first-order chi connectivity index (χ1) is 13.6. The van der Waals surface area contributed by atoms with Crippen molar-refractivity contribution in [2.75, 3.05) is 46.8 Å². The molecule has 168 valence electrons. The fourth-order valence-corrected chi connectivity index (χ4v) is 2.43. The maximum Gasteiger partial charge on any atom is 0.256 e. The molecule has 0 radical (unpaired) electrons. The molecule has 2 amide bonds. The topological polar surface area (TPSA) is 138 Å². The normalized spacial score (nSPS) is 12.9. The van der Waals surface area contributed by atoms with Gasteiger partial charge in [-0.25, -0.2) is 0 Å². The number of carbonyl (C=O) groups is 2. The molecule has 0 saturated heterocycles. The Morgan fingerprint density at radius 2 is 1.83 bits per heavy atom. The summed E-state index contributed by atoms with van der Waals surface area (Å²) in [4.78, 5) is 30.2. The van der Waals surface area contributed by atoms with Crippen LogP contribution in [0.25, 0.3) is 0 Å². The molecule has 0 aliphatic heterocycles. The summed E-state index contributed by atoms with van der Waals surface area (Å²) in [6.07, 6.45) is 4.14. The van der Waals surface area contributed by atoms with Crippen LogP contribution in [0, 0.1) is 0 Å². The minimum absolute atomic E-state index is 0.0671. The summed E-state index contributed by atoms with van der Waals surface area (Å²) in [6, 6.07) is 0. The van der Waals surface area contributed by atoms with E-state index < -0.39 is 0 Å². The lowest BCUT2D eigenvalue weighted by Gasteiger charge is -2.27. The number of amidine groups is 1. The maximum atomic E-state index is 12.2. The standard InChI is InChI=1S/C20H41N7O2/c1-6-10-23-18(22)16(14-21)19(29)24-11-8-12-26-20(2,3)15-25-17(28)9-7-13-27(4)5/h14,26H,6-13,15,21H2,1-5H3,(H2,22,23)(H,24,29)(H,25,28)/b16-14+. The minimum atomic E-state index is -0.325. The zero-order chi connectivity index (χ0) is 22.3. The molecule has 0 aliphatic rings. The first-order valence-electron chi connectivity index (χ1n) is 10.3. The van der Waals surface area contributed by atoms with Crippen LogP contribution >= 0.6 is 0 Å². The highest BCUT2D eigenvalue weighted by atomic mass is 16.2. The van der Waals surface area contributed by atoms with Gasteiger partial charge in [0.25, 0.3) is 5.91 Å². The largest absolute Gasteiger partial charge is 0.404 e. The lowest BCUT2D eigenvalue weighted by Crippen LogP contribution is -2.49. The lowest BCUT2D eigenvalue weighted by molar-refractivity contribution is -0.121. The Bertz CT molecular complexity index is 557. The molecule has 0 spiro atoms. The molecule has 0 aromatic carbocycles. The molecule has 0 rings (SSSR count). The second kappa shape index (κ2) is 14.8. The number of carbonyl (C=O) groups excluding carboxylic acids is 2. The van der Waals surface area contributed by atoms with Gasteiger partial charge in [-0.1, -0.05) is 6.92 Å². The molecule has 0 aromatic heterocycles. The summed E-state index contributed by atoms with van der Waals surface area (Å²) in [5.74, 6) is -0.0982. The van der Waals surface area contributed by atoms with Crippen molar-refractivity contribution in [3.63, 3.8) is 0 Å². The van der Waals surface area contributed by atoms with Crippen molar-refractivity contribution >= 4 is 17.6 Å². The maximum absolute atomic E-state index is 12.2. The SMILES string of the molecule is CCCN=C(N)/C(=C\N)C(=O)NCCCNC(C)(C)CNC(=O)CCCN(C)C. The van der Waals surface area contributed by atoms with Crippen LogP contribution < -0.4 is 27.4 Å². The van der Waals surface area contributed by atoms with Crippen LogP contribution in [-0.4, -0.2) is 74.9 Å². The third-order valence-electron chi connectivity index (χ3n) is 4.17. The van der Waals surface area contributed by atoms with Crippen LogP contribution in [-0.2, 0) is 9.59 Å². The Hall–Kier alpha value is -2.13. The lowest BCUT2D eigenvalue weighted by atomic mass is 10.1. The molecule has 0 bridgehead atoms. The van der Waals surface area contributed by atoms with E-state index in [0.717, 1.165) is 25.8 Å². The van der Waals surface area contributed by atoms with Crippen LogP contribution in [0.2, 0.25) is 0 Å². The van der Waals surface area contributed by atoms with E-state index in [1.54, 1.807) is 0 Å². The van der Waals surface area contributed by atoms with Crippen molar-refractivity contribution in [2.24, 2.45) is 16.5 Å². The molecular weight excluding hydrogens is 370 g/mol. The van der Waals surface area contributed by atoms with Gasteiger partial charge in [-0.15, -0.1) is 0 Å². The Labute approximate surface area is 175 Å². The molecule has 0 aliphatic carbocycles. The van der Waals surface area contributed by atoms with E-state index in [4.69, 9.17) is 11.5 Å². The molecule has 0 atom stereocenters. The molecule has 0 unspecified atom stereocenters. The number of aliphatic imine (C=N–C) groups is 1. The van der Waals surface area contributed by atoms with Gasteiger partial charge < -0.3 is 32.3 Å². The van der Waals surface area contributed by atoms with E-state index >= 15 is 0 Å². The molecule has 7 N–H and O–H groups in total. The molecule has 0 heterocycles. The molecule has 29 heavy (non-hydrogen) atoms. The highest BCUT2D eigenvalue weighted by Crippen LogP contribution is 2.01. The van der Waals surface area contributed by atoms with Crippen molar-refractivity contribution in [3.05, 3.63) is 11.8 Å². The third-order valence-corrected chi connectivity index (χ3v) is 4.17. The highest BCUT2D eigenvalue weighted by molar-refractivity contribution is 6.20. The van der Waals surface area contributed by atoms with Crippen molar-refractivity contribution in [2.45, 2.75) is 52.0 Å². The summed E-state index contributed by atoms with van der Waals surface area (Å²) in [5.41, 5.74) is 11.3. The predicted octanol–water partition coefficient (Wildman–Crippen LogP) is -0.0713. The van der Waals surface area contributed by atoms with Crippen LogP contribution in [0.4, 0.5) is 0 Å². The summed E-state index contributed by atoms with van der Waals surface area (Å²) < 4.78 is 0. The van der Waals surface area contributed by atoms with Crippen molar-refractivity contribution in [1.82, 2.24) is 20.9 Å². The van der Waals surface area contributed by atoms with E-state index in [9.17, 15) is 9.59 Å². The quantitative estimate of drug-likeness (QED) is 0.111. The second-order valence-electron chi connectivity index (χ2n) is 7.95. The summed E-state index contributed by atoms with van der Waals surface area (Å²) in [5, 5.41) is 9.16. The summed E-state index contributed by atoms with van der Waals surface area (Å²) in [6.45, 7) is 9.23. The zero-order valence-corrected chi connectivity index (χ0v) is 18.8. The number of nitrogens with two attached hydrogens (primary N) is 2. The Morgan fingerprint density at radius 3 is 2.41 bits per heavy atom. The number of rotatable bonds is 15. The molecule has 0 saturated carbocycles. The van der Waals surface area contributed by atoms with Gasteiger partial charge in [0.15, 0.2) is 0 Å². The average molecular weight is 412 g/mol. The number of nitrogens with zero attached hydrogens (tertiary/aromatic N) is 2. The van der Waals surface area contributed by atoms with E-state index in [1.165, 1.54) is 6.20 Å². The van der Waals surface area contributed by atoms with Crippen LogP contribution in [0.15, 0.2) is 16.8 Å². The molecule has 0 aromatic rings. The van der Waals surface area contributed by atoms with Gasteiger partial charge in [-0.2, -0.15) is 0 Å². The van der Waals surface area contributed by atoms with Crippen molar-refractivity contribution in [3.8, 4) is 0 Å². The van der Waals surface area contributed by atoms with E-state index in [1.807, 2.05) is 34.9 Å². The summed E-state index contributed by atoms with van der Waals surface area (Å²) >= 11 is 0. The smallest absolute Gasteiger partial charge is 0.256 e. The zero-order valence-electron chi connectivity index (χ0n) is 18.8. The van der Waals surface area contributed by atoms with Gasteiger partial charge in [-0.3, -0.25) is 14.6 Å². The van der Waals surface area contributed by atoms with Gasteiger partial charge in [0.05, 0.1) is 5.57 Å². The monoisotopic (exact) mass is 411 g/mol.